The van der Waals surface area contributed by atoms with Gasteiger partial charge in [0, 0.05) is 19.3 Å². The molecule has 0 saturated carbocycles. The molecule has 9 heteroatoms. The van der Waals surface area contributed by atoms with Crippen molar-refractivity contribution < 1.29 is 9.53 Å². The Hall–Kier alpha value is -1.67. The van der Waals surface area contributed by atoms with Gasteiger partial charge >= 0.3 is 0 Å². The van der Waals surface area contributed by atoms with Gasteiger partial charge in [0.15, 0.2) is 0 Å². The molecular formula is C13H19Cl2N5O2. The number of aromatic nitrogens is 3. The molecule has 3 N–H and O–H groups in total. The van der Waals surface area contributed by atoms with Crippen LogP contribution >= 0.6 is 24.8 Å². The van der Waals surface area contributed by atoms with E-state index in [0.717, 1.165) is 5.56 Å². The molecule has 1 aromatic heterocycles. The summed E-state index contributed by atoms with van der Waals surface area (Å²) in [6.07, 6.45) is 2.51. The number of anilines is 1. The Morgan fingerprint density at radius 3 is 2.55 bits per heavy atom. The number of benzene rings is 1. The molecule has 0 radical (unpaired) electrons. The molecule has 0 spiro atoms. The van der Waals surface area contributed by atoms with Gasteiger partial charge in [-0.3, -0.25) is 4.79 Å². The molecule has 0 aliphatic carbocycles. The van der Waals surface area contributed by atoms with Crippen LogP contribution in [0.5, 0.6) is 0 Å². The Morgan fingerprint density at radius 1 is 1.36 bits per heavy atom. The average molecular weight is 348 g/mol. The van der Waals surface area contributed by atoms with Crippen LogP contribution in [0.4, 0.5) is 5.69 Å². The first kappa shape index (κ1) is 20.3. The number of carbonyl (C=O) groups is 1. The molecule has 0 fully saturated rings. The summed E-state index contributed by atoms with van der Waals surface area (Å²) in [7, 11) is 1.46. The number of hydrogen-bond donors (Lipinski definition) is 2. The maximum absolute atomic E-state index is 11.8. The lowest BCUT2D eigenvalue weighted by molar-refractivity contribution is -0.125. The third-order valence-corrected chi connectivity index (χ3v) is 2.82. The van der Waals surface area contributed by atoms with Crippen molar-refractivity contribution in [2.75, 3.05) is 19.0 Å². The van der Waals surface area contributed by atoms with Crippen molar-refractivity contribution in [1.82, 2.24) is 14.8 Å². The Bertz CT molecular complexity index is 544. The zero-order valence-corrected chi connectivity index (χ0v) is 13.6. The molecule has 1 amide bonds. The van der Waals surface area contributed by atoms with Crippen molar-refractivity contribution in [3.05, 3.63) is 42.5 Å². The van der Waals surface area contributed by atoms with Crippen molar-refractivity contribution >= 4 is 36.4 Å². The SMILES string of the molecule is COC(CN)C(=O)Nc1ccc(Cn2cncn2)cc1.Cl.Cl. The predicted molar refractivity (Wildman–Crippen MR) is 88.5 cm³/mol. The number of methoxy groups -OCH3 is 1. The molecule has 7 nitrogen and oxygen atoms in total. The van der Waals surface area contributed by atoms with Gasteiger partial charge in [-0.15, -0.1) is 24.8 Å². The number of carbonyl (C=O) groups excluding carboxylic acids is 1. The van der Waals surface area contributed by atoms with Crippen LogP contribution in [0.15, 0.2) is 36.9 Å². The highest BCUT2D eigenvalue weighted by Crippen LogP contribution is 2.11. The van der Waals surface area contributed by atoms with Crippen molar-refractivity contribution in [2.45, 2.75) is 12.6 Å². The fourth-order valence-corrected chi connectivity index (χ4v) is 1.73. The van der Waals surface area contributed by atoms with E-state index in [9.17, 15) is 4.79 Å². The van der Waals surface area contributed by atoms with E-state index in [1.165, 1.54) is 13.4 Å². The Kier molecular flexibility index (Phi) is 9.35. The fourth-order valence-electron chi connectivity index (χ4n) is 1.73. The van der Waals surface area contributed by atoms with E-state index in [2.05, 4.69) is 15.4 Å². The normalized spacial score (nSPS) is 11.0. The van der Waals surface area contributed by atoms with Crippen LogP contribution in [0.25, 0.3) is 0 Å². The largest absolute Gasteiger partial charge is 0.370 e. The summed E-state index contributed by atoms with van der Waals surface area (Å²) in [5, 5.41) is 6.78. The van der Waals surface area contributed by atoms with Crippen molar-refractivity contribution in [3.63, 3.8) is 0 Å². The van der Waals surface area contributed by atoms with Crippen LogP contribution in [0, 0.1) is 0 Å². The van der Waals surface area contributed by atoms with E-state index in [1.807, 2.05) is 24.3 Å². The second kappa shape index (κ2) is 10.1. The monoisotopic (exact) mass is 347 g/mol. The highest BCUT2D eigenvalue weighted by molar-refractivity contribution is 5.94. The molecule has 0 aliphatic heterocycles. The highest BCUT2D eigenvalue weighted by atomic mass is 35.5. The molecular weight excluding hydrogens is 329 g/mol. The third kappa shape index (κ3) is 5.61. The minimum absolute atomic E-state index is 0. The van der Waals surface area contributed by atoms with Crippen LogP contribution in [-0.4, -0.2) is 40.4 Å². The molecule has 1 atom stereocenters. The fraction of sp³-hybridized carbons (Fsp3) is 0.308. The number of nitrogens with two attached hydrogens (primary N) is 1. The third-order valence-electron chi connectivity index (χ3n) is 2.82. The number of rotatable bonds is 6. The van der Waals surface area contributed by atoms with Gasteiger partial charge in [-0.05, 0) is 17.7 Å². The van der Waals surface area contributed by atoms with E-state index in [1.54, 1.807) is 11.0 Å². The zero-order valence-electron chi connectivity index (χ0n) is 12.0. The number of nitrogens with zero attached hydrogens (tertiary/aromatic N) is 3. The Labute approximate surface area is 141 Å². The summed E-state index contributed by atoms with van der Waals surface area (Å²) < 4.78 is 6.70. The molecule has 22 heavy (non-hydrogen) atoms. The van der Waals surface area contributed by atoms with Crippen LogP contribution in [-0.2, 0) is 16.1 Å². The molecule has 1 heterocycles. The maximum atomic E-state index is 11.8. The first-order valence-corrected chi connectivity index (χ1v) is 6.18. The lowest BCUT2D eigenvalue weighted by atomic mass is 10.2. The number of hydrogen-bond acceptors (Lipinski definition) is 5. The summed E-state index contributed by atoms with van der Waals surface area (Å²) in [5.41, 5.74) is 7.20. The van der Waals surface area contributed by atoms with E-state index in [0.29, 0.717) is 12.2 Å². The van der Waals surface area contributed by atoms with Gasteiger partial charge in [-0.1, -0.05) is 12.1 Å². The Balaban J connectivity index is 0.00000220. The minimum atomic E-state index is -0.634. The van der Waals surface area contributed by atoms with Gasteiger partial charge < -0.3 is 15.8 Å². The topological polar surface area (TPSA) is 95.1 Å². The van der Waals surface area contributed by atoms with Gasteiger partial charge in [0.1, 0.15) is 18.8 Å². The van der Waals surface area contributed by atoms with Gasteiger partial charge in [0.2, 0.25) is 0 Å². The van der Waals surface area contributed by atoms with Crippen molar-refractivity contribution in [3.8, 4) is 0 Å². The molecule has 2 aromatic rings. The van der Waals surface area contributed by atoms with Crippen LogP contribution < -0.4 is 11.1 Å². The van der Waals surface area contributed by atoms with E-state index in [-0.39, 0.29) is 37.3 Å². The van der Waals surface area contributed by atoms with Crippen LogP contribution in [0.1, 0.15) is 5.56 Å². The summed E-state index contributed by atoms with van der Waals surface area (Å²) in [6, 6.07) is 7.49. The average Bonchev–Trinajstić information content (AvgIpc) is 2.95. The first-order valence-electron chi connectivity index (χ1n) is 6.18. The zero-order chi connectivity index (χ0) is 14.4. The van der Waals surface area contributed by atoms with Gasteiger partial charge in [-0.2, -0.15) is 5.10 Å². The lowest BCUT2D eigenvalue weighted by Gasteiger charge is -2.13. The highest BCUT2D eigenvalue weighted by Gasteiger charge is 2.15. The molecule has 2 rings (SSSR count). The van der Waals surface area contributed by atoms with Gasteiger partial charge in [0.25, 0.3) is 5.91 Å². The quantitative estimate of drug-likeness (QED) is 0.815. The van der Waals surface area contributed by atoms with Crippen LogP contribution in [0.2, 0.25) is 0 Å². The molecule has 1 aromatic carbocycles. The molecule has 0 saturated heterocycles. The van der Waals surface area contributed by atoms with E-state index >= 15 is 0 Å². The van der Waals surface area contributed by atoms with Crippen molar-refractivity contribution in [1.29, 1.82) is 0 Å². The lowest BCUT2D eigenvalue weighted by Crippen LogP contribution is -2.35. The second-order valence-corrected chi connectivity index (χ2v) is 4.24. The first-order chi connectivity index (χ1) is 9.72. The van der Waals surface area contributed by atoms with E-state index in [4.69, 9.17) is 10.5 Å². The van der Waals surface area contributed by atoms with Crippen LogP contribution in [0.3, 0.4) is 0 Å². The molecule has 0 aliphatic rings. The summed E-state index contributed by atoms with van der Waals surface area (Å²) in [5.74, 6) is -0.251. The number of ether oxygens (including phenoxy) is 1. The predicted octanol–water partition coefficient (Wildman–Crippen LogP) is 1.08. The minimum Gasteiger partial charge on any atom is -0.370 e. The van der Waals surface area contributed by atoms with Crippen molar-refractivity contribution in [2.24, 2.45) is 5.73 Å². The maximum Gasteiger partial charge on any atom is 0.254 e. The van der Waals surface area contributed by atoms with Gasteiger partial charge in [-0.25, -0.2) is 9.67 Å². The number of halogens is 2. The smallest absolute Gasteiger partial charge is 0.254 e. The summed E-state index contributed by atoms with van der Waals surface area (Å²) in [6.45, 7) is 0.782. The van der Waals surface area contributed by atoms with Gasteiger partial charge in [0.05, 0.1) is 6.54 Å². The molecule has 122 valence electrons. The number of nitrogens with one attached hydrogen (secondary N) is 1. The molecule has 0 bridgehead atoms. The summed E-state index contributed by atoms with van der Waals surface area (Å²) >= 11 is 0. The standard InChI is InChI=1S/C13H17N5O2.2ClH/c1-20-12(6-14)13(19)17-11-4-2-10(3-5-11)7-18-9-15-8-16-18;;/h2-5,8-9,12H,6-7,14H2,1H3,(H,17,19);2*1H. The second-order valence-electron chi connectivity index (χ2n) is 4.24. The summed E-state index contributed by atoms with van der Waals surface area (Å²) in [4.78, 5) is 15.7. The molecule has 1 unspecified atom stereocenters. The van der Waals surface area contributed by atoms with E-state index < -0.39 is 6.10 Å². The number of amides is 1. The Morgan fingerprint density at radius 2 is 2.05 bits per heavy atom.